The van der Waals surface area contributed by atoms with Gasteiger partial charge in [-0.1, -0.05) is 12.8 Å². The summed E-state index contributed by atoms with van der Waals surface area (Å²) in [6, 6.07) is 3.41. The van der Waals surface area contributed by atoms with E-state index >= 15 is 0 Å². The van der Waals surface area contributed by atoms with Crippen LogP contribution in [-0.2, 0) is 11.3 Å². The number of rotatable bonds is 5. The van der Waals surface area contributed by atoms with Gasteiger partial charge in [-0.2, -0.15) is 0 Å². The molecule has 1 aliphatic rings. The van der Waals surface area contributed by atoms with Crippen molar-refractivity contribution in [1.29, 1.82) is 0 Å². The van der Waals surface area contributed by atoms with Crippen molar-refractivity contribution < 1.29 is 4.74 Å². The standard InChI is InChI=1S/C14H20BrNO2/c15-13-4-5-14(17)16(11-13)8-2-1-3-12-6-9-18-10-7-12/h4-5,11-12H,1-3,6-10H2. The quantitative estimate of drug-likeness (QED) is 0.782. The van der Waals surface area contributed by atoms with Crippen molar-refractivity contribution in [2.24, 2.45) is 5.92 Å². The molecule has 2 heterocycles. The normalized spacial score (nSPS) is 16.9. The lowest BCUT2D eigenvalue weighted by atomic mass is 9.94. The molecule has 0 spiro atoms. The first kappa shape index (κ1) is 13.8. The Hall–Kier alpha value is -0.610. The Balaban J connectivity index is 1.71. The highest BCUT2D eigenvalue weighted by Crippen LogP contribution is 2.20. The van der Waals surface area contributed by atoms with Crippen LogP contribution < -0.4 is 5.56 Å². The number of halogens is 1. The average Bonchev–Trinajstić information content (AvgIpc) is 2.40. The fourth-order valence-corrected chi connectivity index (χ4v) is 2.81. The highest BCUT2D eigenvalue weighted by molar-refractivity contribution is 9.10. The molecule has 0 atom stereocenters. The summed E-state index contributed by atoms with van der Waals surface area (Å²) in [5.74, 6) is 0.831. The highest BCUT2D eigenvalue weighted by Gasteiger charge is 2.12. The third-order valence-corrected chi connectivity index (χ3v) is 4.02. The van der Waals surface area contributed by atoms with Crippen LogP contribution in [0.3, 0.4) is 0 Å². The number of unbranched alkanes of at least 4 members (excludes halogenated alkanes) is 1. The Kier molecular flexibility index (Phi) is 5.45. The van der Waals surface area contributed by atoms with Crippen molar-refractivity contribution in [2.75, 3.05) is 13.2 Å². The second-order valence-electron chi connectivity index (χ2n) is 4.93. The minimum atomic E-state index is 0.0873. The third kappa shape index (κ3) is 4.25. The average molecular weight is 314 g/mol. The molecule has 4 heteroatoms. The van der Waals surface area contributed by atoms with Gasteiger partial charge in [0.15, 0.2) is 0 Å². The van der Waals surface area contributed by atoms with E-state index in [4.69, 9.17) is 4.74 Å². The molecule has 0 bridgehead atoms. The van der Waals surface area contributed by atoms with E-state index in [-0.39, 0.29) is 5.56 Å². The number of aryl methyl sites for hydroxylation is 1. The van der Waals surface area contributed by atoms with Gasteiger partial charge in [-0.25, -0.2) is 0 Å². The summed E-state index contributed by atoms with van der Waals surface area (Å²) >= 11 is 3.39. The molecule has 0 amide bonds. The molecule has 0 unspecified atom stereocenters. The lowest BCUT2D eigenvalue weighted by molar-refractivity contribution is 0.0630. The highest BCUT2D eigenvalue weighted by atomic mass is 79.9. The topological polar surface area (TPSA) is 31.2 Å². The molecule has 1 aliphatic heterocycles. The second kappa shape index (κ2) is 7.10. The van der Waals surface area contributed by atoms with E-state index < -0.39 is 0 Å². The predicted octanol–water partition coefficient (Wildman–Crippen LogP) is 3.21. The van der Waals surface area contributed by atoms with Crippen LogP contribution in [0.4, 0.5) is 0 Å². The van der Waals surface area contributed by atoms with Crippen molar-refractivity contribution in [3.8, 4) is 0 Å². The monoisotopic (exact) mass is 313 g/mol. The summed E-state index contributed by atoms with van der Waals surface area (Å²) in [7, 11) is 0. The van der Waals surface area contributed by atoms with Gasteiger partial charge in [0.05, 0.1) is 0 Å². The summed E-state index contributed by atoms with van der Waals surface area (Å²) in [5, 5.41) is 0. The van der Waals surface area contributed by atoms with Crippen molar-refractivity contribution in [2.45, 2.75) is 38.6 Å². The number of nitrogens with zero attached hydrogens (tertiary/aromatic N) is 1. The Morgan fingerprint density at radius 1 is 1.28 bits per heavy atom. The minimum absolute atomic E-state index is 0.0873. The maximum Gasteiger partial charge on any atom is 0.250 e. The number of pyridine rings is 1. The number of hydrogen-bond acceptors (Lipinski definition) is 2. The Labute approximate surface area is 116 Å². The molecular weight excluding hydrogens is 294 g/mol. The Morgan fingerprint density at radius 2 is 2.06 bits per heavy atom. The van der Waals surface area contributed by atoms with Crippen molar-refractivity contribution in [3.05, 3.63) is 33.2 Å². The lowest BCUT2D eigenvalue weighted by Crippen LogP contribution is -2.19. The van der Waals surface area contributed by atoms with Crippen LogP contribution in [0, 0.1) is 5.92 Å². The van der Waals surface area contributed by atoms with Gasteiger partial charge in [-0.3, -0.25) is 4.79 Å². The zero-order valence-electron chi connectivity index (χ0n) is 10.6. The summed E-state index contributed by atoms with van der Waals surface area (Å²) in [6.07, 6.45) is 7.83. The Morgan fingerprint density at radius 3 is 2.83 bits per heavy atom. The summed E-state index contributed by atoms with van der Waals surface area (Å²) in [4.78, 5) is 11.6. The summed E-state index contributed by atoms with van der Waals surface area (Å²) < 4.78 is 8.10. The first-order valence-electron chi connectivity index (χ1n) is 6.69. The Bertz CT molecular complexity index is 424. The van der Waals surface area contributed by atoms with Crippen molar-refractivity contribution >= 4 is 15.9 Å². The van der Waals surface area contributed by atoms with Crippen LogP contribution >= 0.6 is 15.9 Å². The van der Waals surface area contributed by atoms with Gasteiger partial charge in [-0.05, 0) is 47.2 Å². The smallest absolute Gasteiger partial charge is 0.250 e. The second-order valence-corrected chi connectivity index (χ2v) is 5.85. The first-order valence-corrected chi connectivity index (χ1v) is 7.49. The van der Waals surface area contributed by atoms with Crippen molar-refractivity contribution in [1.82, 2.24) is 4.57 Å². The maximum atomic E-state index is 11.6. The third-order valence-electron chi connectivity index (χ3n) is 3.55. The number of aromatic nitrogens is 1. The van der Waals surface area contributed by atoms with Gasteiger partial charge in [0.2, 0.25) is 0 Å². The molecule has 1 fully saturated rings. The molecule has 1 aromatic heterocycles. The molecule has 1 saturated heterocycles. The first-order chi connectivity index (χ1) is 8.75. The zero-order valence-corrected chi connectivity index (χ0v) is 12.2. The van der Waals surface area contributed by atoms with Gasteiger partial charge in [0.1, 0.15) is 0 Å². The van der Waals surface area contributed by atoms with Crippen LogP contribution in [0.1, 0.15) is 32.1 Å². The van der Waals surface area contributed by atoms with E-state index in [1.807, 2.05) is 6.20 Å². The van der Waals surface area contributed by atoms with E-state index in [0.29, 0.717) is 0 Å². The molecule has 1 aromatic rings. The van der Waals surface area contributed by atoms with E-state index in [0.717, 1.165) is 36.6 Å². The fourth-order valence-electron chi connectivity index (χ4n) is 2.43. The van der Waals surface area contributed by atoms with Gasteiger partial charge in [0.25, 0.3) is 5.56 Å². The van der Waals surface area contributed by atoms with Crippen molar-refractivity contribution in [3.63, 3.8) is 0 Å². The minimum Gasteiger partial charge on any atom is -0.381 e. The largest absolute Gasteiger partial charge is 0.381 e. The molecule has 0 aliphatic carbocycles. The molecule has 18 heavy (non-hydrogen) atoms. The molecule has 0 radical (unpaired) electrons. The summed E-state index contributed by atoms with van der Waals surface area (Å²) in [5.41, 5.74) is 0.0873. The van der Waals surface area contributed by atoms with E-state index in [1.54, 1.807) is 16.7 Å². The molecule has 100 valence electrons. The van der Waals surface area contributed by atoms with Crippen LogP contribution in [0.5, 0.6) is 0 Å². The van der Waals surface area contributed by atoms with Crippen LogP contribution in [-0.4, -0.2) is 17.8 Å². The van der Waals surface area contributed by atoms with Crippen LogP contribution in [0.15, 0.2) is 27.6 Å². The molecule has 3 nitrogen and oxygen atoms in total. The molecular formula is C14H20BrNO2. The van der Waals surface area contributed by atoms with E-state index in [1.165, 1.54) is 25.7 Å². The van der Waals surface area contributed by atoms with E-state index in [2.05, 4.69) is 15.9 Å². The zero-order chi connectivity index (χ0) is 12.8. The van der Waals surface area contributed by atoms with Gasteiger partial charge in [-0.15, -0.1) is 0 Å². The summed E-state index contributed by atoms with van der Waals surface area (Å²) in [6.45, 7) is 2.67. The molecule has 2 rings (SSSR count). The van der Waals surface area contributed by atoms with E-state index in [9.17, 15) is 4.79 Å². The molecule has 0 N–H and O–H groups in total. The van der Waals surface area contributed by atoms with Crippen LogP contribution in [0.25, 0.3) is 0 Å². The lowest BCUT2D eigenvalue weighted by Gasteiger charge is -2.21. The number of ether oxygens (including phenoxy) is 1. The maximum absolute atomic E-state index is 11.6. The number of hydrogen-bond donors (Lipinski definition) is 0. The molecule has 0 saturated carbocycles. The van der Waals surface area contributed by atoms with Crippen LogP contribution in [0.2, 0.25) is 0 Å². The fraction of sp³-hybridized carbons (Fsp3) is 0.643. The van der Waals surface area contributed by atoms with Gasteiger partial charge in [0, 0.05) is 36.5 Å². The molecule has 0 aromatic carbocycles. The van der Waals surface area contributed by atoms with Gasteiger partial charge >= 0.3 is 0 Å². The van der Waals surface area contributed by atoms with Gasteiger partial charge < -0.3 is 9.30 Å². The SMILES string of the molecule is O=c1ccc(Br)cn1CCCCC1CCOCC1. The predicted molar refractivity (Wildman–Crippen MR) is 75.8 cm³/mol.